The second kappa shape index (κ2) is 5.14. The lowest BCUT2D eigenvalue weighted by molar-refractivity contribution is 0.309. The predicted octanol–water partition coefficient (Wildman–Crippen LogP) is 3.08. The van der Waals surface area contributed by atoms with Gasteiger partial charge in [-0.05, 0) is 17.2 Å². The van der Waals surface area contributed by atoms with Crippen molar-refractivity contribution in [2.75, 3.05) is 25.1 Å². The molecule has 1 aliphatic heterocycles. The van der Waals surface area contributed by atoms with Crippen molar-refractivity contribution in [2.45, 2.75) is 0 Å². The molecule has 19 heavy (non-hydrogen) atoms. The molecule has 2 aromatic rings. The van der Waals surface area contributed by atoms with Crippen LogP contribution in [0.4, 0.5) is 5.82 Å². The Balaban J connectivity index is 1.85. The van der Waals surface area contributed by atoms with E-state index in [1.165, 1.54) is 5.56 Å². The summed E-state index contributed by atoms with van der Waals surface area (Å²) in [7, 11) is 2.04. The molecule has 1 aromatic heterocycles. The molecular weight excluding hydrogens is 236 g/mol. The van der Waals surface area contributed by atoms with Gasteiger partial charge < -0.3 is 9.64 Å². The van der Waals surface area contributed by atoms with Gasteiger partial charge in [0.15, 0.2) is 11.6 Å². The monoisotopic (exact) mass is 252 g/mol. The first-order valence-electron chi connectivity index (χ1n) is 6.40. The van der Waals surface area contributed by atoms with Crippen molar-refractivity contribution >= 4 is 18.0 Å². The maximum atomic E-state index is 5.65. The molecule has 0 amide bonds. The third kappa shape index (κ3) is 2.60. The van der Waals surface area contributed by atoms with Crippen molar-refractivity contribution in [3.8, 4) is 5.75 Å². The number of rotatable bonds is 2. The van der Waals surface area contributed by atoms with Gasteiger partial charge in [-0.15, -0.1) is 0 Å². The fourth-order valence-electron chi connectivity index (χ4n) is 2.09. The van der Waals surface area contributed by atoms with E-state index in [0.29, 0.717) is 0 Å². The SMILES string of the molecule is CN1CCOc2cc(/C=C/c3ccccc3)cnc21. The van der Waals surface area contributed by atoms with E-state index in [2.05, 4.69) is 34.2 Å². The van der Waals surface area contributed by atoms with Gasteiger partial charge in [0.2, 0.25) is 0 Å². The molecule has 0 unspecified atom stereocenters. The largest absolute Gasteiger partial charge is 0.488 e. The Hall–Kier alpha value is -2.29. The molecule has 0 saturated carbocycles. The fourth-order valence-corrected chi connectivity index (χ4v) is 2.09. The van der Waals surface area contributed by atoms with Crippen LogP contribution in [0.5, 0.6) is 5.75 Å². The molecule has 0 N–H and O–H groups in total. The maximum Gasteiger partial charge on any atom is 0.171 e. The quantitative estimate of drug-likeness (QED) is 0.821. The van der Waals surface area contributed by atoms with Crippen molar-refractivity contribution in [3.05, 3.63) is 53.7 Å². The first-order chi connectivity index (χ1) is 9.33. The Morgan fingerprint density at radius 3 is 2.79 bits per heavy atom. The lowest BCUT2D eigenvalue weighted by Crippen LogP contribution is -2.29. The highest BCUT2D eigenvalue weighted by Crippen LogP contribution is 2.29. The molecule has 1 aromatic carbocycles. The first kappa shape index (κ1) is 11.8. The van der Waals surface area contributed by atoms with Gasteiger partial charge in [-0.1, -0.05) is 42.5 Å². The Kier molecular flexibility index (Phi) is 3.19. The van der Waals surface area contributed by atoms with Gasteiger partial charge in [0, 0.05) is 13.2 Å². The zero-order valence-corrected chi connectivity index (χ0v) is 10.9. The van der Waals surface area contributed by atoms with Crippen LogP contribution in [0.15, 0.2) is 42.6 Å². The summed E-state index contributed by atoms with van der Waals surface area (Å²) in [6.45, 7) is 1.61. The summed E-state index contributed by atoms with van der Waals surface area (Å²) >= 11 is 0. The highest BCUT2D eigenvalue weighted by Gasteiger charge is 2.15. The summed E-state index contributed by atoms with van der Waals surface area (Å²) in [6.07, 6.45) is 6.01. The average molecular weight is 252 g/mol. The van der Waals surface area contributed by atoms with Crippen molar-refractivity contribution < 1.29 is 4.74 Å². The Morgan fingerprint density at radius 1 is 1.16 bits per heavy atom. The molecule has 1 aliphatic rings. The third-order valence-electron chi connectivity index (χ3n) is 3.17. The number of aromatic nitrogens is 1. The molecule has 0 spiro atoms. The van der Waals surface area contributed by atoms with Gasteiger partial charge in [0.25, 0.3) is 0 Å². The zero-order valence-electron chi connectivity index (χ0n) is 10.9. The molecule has 0 bridgehead atoms. The van der Waals surface area contributed by atoms with E-state index in [4.69, 9.17) is 4.74 Å². The Morgan fingerprint density at radius 2 is 1.95 bits per heavy atom. The smallest absolute Gasteiger partial charge is 0.171 e. The van der Waals surface area contributed by atoms with Crippen LogP contribution in [-0.4, -0.2) is 25.2 Å². The molecule has 0 saturated heterocycles. The molecule has 3 rings (SSSR count). The molecule has 3 heteroatoms. The summed E-state index contributed by atoms with van der Waals surface area (Å²) in [5.41, 5.74) is 2.23. The lowest BCUT2D eigenvalue weighted by Gasteiger charge is -2.26. The minimum atomic E-state index is 0.719. The summed E-state index contributed by atoms with van der Waals surface area (Å²) in [5.74, 6) is 1.78. The summed E-state index contributed by atoms with van der Waals surface area (Å²) in [4.78, 5) is 6.58. The van der Waals surface area contributed by atoms with Crippen LogP contribution in [0.1, 0.15) is 11.1 Å². The van der Waals surface area contributed by atoms with Crippen LogP contribution < -0.4 is 9.64 Å². The number of benzene rings is 1. The zero-order chi connectivity index (χ0) is 13.1. The number of anilines is 1. The van der Waals surface area contributed by atoms with E-state index >= 15 is 0 Å². The number of nitrogens with zero attached hydrogens (tertiary/aromatic N) is 2. The fraction of sp³-hybridized carbons (Fsp3) is 0.188. The predicted molar refractivity (Wildman–Crippen MR) is 78.4 cm³/mol. The average Bonchev–Trinajstić information content (AvgIpc) is 2.46. The number of likely N-dealkylation sites (N-methyl/N-ethyl adjacent to an activating group) is 1. The Labute approximate surface area is 113 Å². The molecule has 0 fully saturated rings. The summed E-state index contributed by atoms with van der Waals surface area (Å²) in [6, 6.07) is 12.3. The van der Waals surface area contributed by atoms with Crippen LogP contribution in [0.25, 0.3) is 12.2 Å². The molecule has 96 valence electrons. The van der Waals surface area contributed by atoms with Gasteiger partial charge >= 0.3 is 0 Å². The highest BCUT2D eigenvalue weighted by molar-refractivity contribution is 5.71. The minimum Gasteiger partial charge on any atom is -0.488 e. The van der Waals surface area contributed by atoms with E-state index in [0.717, 1.165) is 30.3 Å². The van der Waals surface area contributed by atoms with Crippen LogP contribution in [0.2, 0.25) is 0 Å². The van der Waals surface area contributed by atoms with Gasteiger partial charge in [-0.2, -0.15) is 0 Å². The molecule has 0 atom stereocenters. The molecule has 3 nitrogen and oxygen atoms in total. The summed E-state index contributed by atoms with van der Waals surface area (Å²) < 4.78 is 5.65. The normalized spacial score (nSPS) is 14.3. The molecular formula is C16H16N2O. The van der Waals surface area contributed by atoms with E-state index in [1.807, 2.05) is 37.5 Å². The third-order valence-corrected chi connectivity index (χ3v) is 3.17. The lowest BCUT2D eigenvalue weighted by atomic mass is 10.1. The number of hydrogen-bond donors (Lipinski definition) is 0. The van der Waals surface area contributed by atoms with Crippen LogP contribution in [-0.2, 0) is 0 Å². The second-order valence-electron chi connectivity index (χ2n) is 4.60. The van der Waals surface area contributed by atoms with Gasteiger partial charge in [0.05, 0.1) is 6.54 Å². The van der Waals surface area contributed by atoms with E-state index in [-0.39, 0.29) is 0 Å². The van der Waals surface area contributed by atoms with E-state index < -0.39 is 0 Å². The van der Waals surface area contributed by atoms with E-state index in [1.54, 1.807) is 0 Å². The topological polar surface area (TPSA) is 25.4 Å². The first-order valence-corrected chi connectivity index (χ1v) is 6.40. The number of ether oxygens (including phenoxy) is 1. The van der Waals surface area contributed by atoms with Gasteiger partial charge in [-0.3, -0.25) is 0 Å². The van der Waals surface area contributed by atoms with Crippen molar-refractivity contribution in [1.29, 1.82) is 0 Å². The second-order valence-corrected chi connectivity index (χ2v) is 4.60. The molecule has 0 radical (unpaired) electrons. The molecule has 0 aliphatic carbocycles. The maximum absolute atomic E-state index is 5.65. The summed E-state index contributed by atoms with van der Waals surface area (Å²) in [5, 5.41) is 0. The Bertz CT molecular complexity index is 593. The van der Waals surface area contributed by atoms with Crippen molar-refractivity contribution in [1.82, 2.24) is 4.98 Å². The van der Waals surface area contributed by atoms with Gasteiger partial charge in [0.1, 0.15) is 6.61 Å². The van der Waals surface area contributed by atoms with Crippen LogP contribution >= 0.6 is 0 Å². The minimum absolute atomic E-state index is 0.719. The highest BCUT2D eigenvalue weighted by atomic mass is 16.5. The van der Waals surface area contributed by atoms with E-state index in [9.17, 15) is 0 Å². The number of fused-ring (bicyclic) bond motifs is 1. The number of pyridine rings is 1. The standard InChI is InChI=1S/C16H16N2O/c1-18-9-10-19-15-11-14(12-17-16(15)18)8-7-13-5-3-2-4-6-13/h2-8,11-12H,9-10H2,1H3/b8-7+. The van der Waals surface area contributed by atoms with Crippen LogP contribution in [0, 0.1) is 0 Å². The van der Waals surface area contributed by atoms with Crippen LogP contribution in [0.3, 0.4) is 0 Å². The van der Waals surface area contributed by atoms with Crippen molar-refractivity contribution in [2.24, 2.45) is 0 Å². The van der Waals surface area contributed by atoms with Gasteiger partial charge in [-0.25, -0.2) is 4.98 Å². The molecule has 2 heterocycles. The van der Waals surface area contributed by atoms with Crippen molar-refractivity contribution in [3.63, 3.8) is 0 Å². The number of hydrogen-bond acceptors (Lipinski definition) is 3.